The monoisotopic (exact) mass is 353 g/mol. The van der Waals surface area contributed by atoms with Crippen molar-refractivity contribution in [3.8, 4) is 11.5 Å². The molecule has 0 aliphatic rings. The molecule has 0 aliphatic heterocycles. The highest BCUT2D eigenvalue weighted by Crippen LogP contribution is 2.35. The van der Waals surface area contributed by atoms with Crippen LogP contribution in [0.3, 0.4) is 0 Å². The fourth-order valence-electron chi connectivity index (χ4n) is 2.17. The molecule has 0 fully saturated rings. The van der Waals surface area contributed by atoms with Gasteiger partial charge in [0.1, 0.15) is 0 Å². The van der Waals surface area contributed by atoms with Crippen LogP contribution in [0.4, 0.5) is 5.69 Å². The summed E-state index contributed by atoms with van der Waals surface area (Å²) in [5.74, 6) is 1.37. The first-order valence-corrected chi connectivity index (χ1v) is 8.30. The number of ether oxygens (including phenoxy) is 2. The van der Waals surface area contributed by atoms with E-state index in [0.29, 0.717) is 23.9 Å². The van der Waals surface area contributed by atoms with Crippen LogP contribution in [-0.2, 0) is 6.54 Å². The van der Waals surface area contributed by atoms with Crippen molar-refractivity contribution in [1.82, 2.24) is 0 Å². The smallest absolute Gasteiger partial charge is 0.166 e. The van der Waals surface area contributed by atoms with Crippen molar-refractivity contribution in [2.75, 3.05) is 19.0 Å². The molecule has 5 heteroatoms. The maximum absolute atomic E-state index is 6.18. The van der Waals surface area contributed by atoms with E-state index in [4.69, 9.17) is 32.7 Å². The number of hydrogen-bond acceptors (Lipinski definition) is 3. The summed E-state index contributed by atoms with van der Waals surface area (Å²) in [6.07, 6.45) is 0.923. The minimum Gasteiger partial charge on any atom is -0.493 e. The highest BCUT2D eigenvalue weighted by molar-refractivity contribution is 6.31. The van der Waals surface area contributed by atoms with Crippen LogP contribution in [0, 0.1) is 6.92 Å². The van der Waals surface area contributed by atoms with Crippen LogP contribution in [-0.4, -0.2) is 13.7 Å². The second-order valence-electron chi connectivity index (χ2n) is 5.26. The molecule has 2 rings (SSSR count). The first-order chi connectivity index (χ1) is 11.0. The molecule has 0 saturated heterocycles. The lowest BCUT2D eigenvalue weighted by atomic mass is 10.1. The van der Waals surface area contributed by atoms with Gasteiger partial charge in [-0.2, -0.15) is 0 Å². The van der Waals surface area contributed by atoms with Crippen LogP contribution in [0.15, 0.2) is 30.3 Å². The Morgan fingerprint density at radius 3 is 2.57 bits per heavy atom. The Kier molecular flexibility index (Phi) is 6.43. The molecule has 0 saturated carbocycles. The summed E-state index contributed by atoms with van der Waals surface area (Å²) < 4.78 is 11.2. The van der Waals surface area contributed by atoms with E-state index >= 15 is 0 Å². The summed E-state index contributed by atoms with van der Waals surface area (Å²) in [4.78, 5) is 0. The number of halogens is 2. The van der Waals surface area contributed by atoms with Gasteiger partial charge in [-0.05, 0) is 37.1 Å². The molecule has 0 radical (unpaired) electrons. The van der Waals surface area contributed by atoms with Gasteiger partial charge in [-0.15, -0.1) is 0 Å². The highest BCUT2D eigenvalue weighted by atomic mass is 35.5. The van der Waals surface area contributed by atoms with E-state index in [0.717, 1.165) is 34.0 Å². The van der Waals surface area contributed by atoms with Crippen molar-refractivity contribution >= 4 is 28.9 Å². The van der Waals surface area contributed by atoms with Gasteiger partial charge in [0.15, 0.2) is 11.5 Å². The number of aryl methyl sites for hydroxylation is 1. The molecule has 3 nitrogen and oxygen atoms in total. The Bertz CT molecular complexity index is 674. The number of rotatable bonds is 7. The van der Waals surface area contributed by atoms with Gasteiger partial charge in [-0.1, -0.05) is 36.2 Å². The van der Waals surface area contributed by atoms with E-state index in [1.807, 2.05) is 31.2 Å². The average Bonchev–Trinajstić information content (AvgIpc) is 2.54. The number of methoxy groups -OCH3 is 1. The topological polar surface area (TPSA) is 30.5 Å². The van der Waals surface area contributed by atoms with Crippen LogP contribution in [0.25, 0.3) is 0 Å². The van der Waals surface area contributed by atoms with E-state index in [1.54, 1.807) is 13.2 Å². The van der Waals surface area contributed by atoms with E-state index in [2.05, 4.69) is 12.2 Å². The van der Waals surface area contributed by atoms with E-state index < -0.39 is 0 Å². The lowest BCUT2D eigenvalue weighted by molar-refractivity contribution is 0.291. The van der Waals surface area contributed by atoms with Crippen molar-refractivity contribution < 1.29 is 9.47 Å². The number of nitrogens with one attached hydrogen (secondary N) is 1. The van der Waals surface area contributed by atoms with E-state index in [9.17, 15) is 0 Å². The Morgan fingerprint density at radius 1 is 1.13 bits per heavy atom. The predicted molar refractivity (Wildman–Crippen MR) is 97.3 cm³/mol. The third kappa shape index (κ3) is 4.69. The third-order valence-electron chi connectivity index (χ3n) is 3.42. The first kappa shape index (κ1) is 17.8. The van der Waals surface area contributed by atoms with Gasteiger partial charge >= 0.3 is 0 Å². The van der Waals surface area contributed by atoms with Gasteiger partial charge in [-0.25, -0.2) is 0 Å². The van der Waals surface area contributed by atoms with Gasteiger partial charge in [0, 0.05) is 33.9 Å². The number of hydrogen-bond donors (Lipinski definition) is 1. The van der Waals surface area contributed by atoms with Gasteiger partial charge in [0.2, 0.25) is 0 Å². The molecule has 0 aromatic heterocycles. The molecule has 2 aromatic carbocycles. The standard InChI is InChI=1S/C18H21Cl2NO2/c1-4-7-23-18-13(8-14(19)9-17(18)22-3)11-21-15-6-5-12(2)16(20)10-15/h5-6,8-10,21H,4,7,11H2,1-3H3. The predicted octanol–water partition coefficient (Wildman–Crippen LogP) is 5.71. The zero-order valence-corrected chi connectivity index (χ0v) is 15.1. The van der Waals surface area contributed by atoms with Crippen molar-refractivity contribution in [2.45, 2.75) is 26.8 Å². The molecule has 0 bridgehead atoms. The maximum Gasteiger partial charge on any atom is 0.166 e. The van der Waals surface area contributed by atoms with Crippen LogP contribution >= 0.6 is 23.2 Å². The van der Waals surface area contributed by atoms with Gasteiger partial charge in [0.05, 0.1) is 13.7 Å². The van der Waals surface area contributed by atoms with Gasteiger partial charge in [0.25, 0.3) is 0 Å². The Morgan fingerprint density at radius 2 is 1.91 bits per heavy atom. The van der Waals surface area contributed by atoms with Crippen molar-refractivity contribution in [3.63, 3.8) is 0 Å². The fourth-order valence-corrected chi connectivity index (χ4v) is 2.59. The zero-order chi connectivity index (χ0) is 16.8. The summed E-state index contributed by atoms with van der Waals surface area (Å²) in [5, 5.41) is 4.70. The second-order valence-corrected chi connectivity index (χ2v) is 6.11. The maximum atomic E-state index is 6.18. The van der Waals surface area contributed by atoms with Gasteiger partial charge in [-0.3, -0.25) is 0 Å². The summed E-state index contributed by atoms with van der Waals surface area (Å²) in [5.41, 5.74) is 2.94. The minimum absolute atomic E-state index is 0.565. The highest BCUT2D eigenvalue weighted by Gasteiger charge is 2.13. The van der Waals surface area contributed by atoms with Crippen molar-refractivity contribution in [2.24, 2.45) is 0 Å². The van der Waals surface area contributed by atoms with Crippen LogP contribution in [0.1, 0.15) is 24.5 Å². The third-order valence-corrected chi connectivity index (χ3v) is 4.05. The second kappa shape index (κ2) is 8.32. The quantitative estimate of drug-likeness (QED) is 0.691. The summed E-state index contributed by atoms with van der Waals surface area (Å²) >= 11 is 12.3. The lowest BCUT2D eigenvalue weighted by Gasteiger charge is -2.16. The summed E-state index contributed by atoms with van der Waals surface area (Å²) in [6.45, 7) is 5.23. The molecule has 2 aromatic rings. The minimum atomic E-state index is 0.565. The van der Waals surface area contributed by atoms with Gasteiger partial charge < -0.3 is 14.8 Å². The van der Waals surface area contributed by atoms with E-state index in [-0.39, 0.29) is 0 Å². The zero-order valence-electron chi connectivity index (χ0n) is 13.6. The SMILES string of the molecule is CCCOc1c(CNc2ccc(C)c(Cl)c2)cc(Cl)cc1OC. The van der Waals surface area contributed by atoms with Crippen LogP contribution in [0.5, 0.6) is 11.5 Å². The number of benzene rings is 2. The molecule has 124 valence electrons. The molecule has 0 unspecified atom stereocenters. The molecule has 0 amide bonds. The molecule has 0 atom stereocenters. The van der Waals surface area contributed by atoms with E-state index in [1.165, 1.54) is 0 Å². The van der Waals surface area contributed by atoms with Crippen molar-refractivity contribution in [3.05, 3.63) is 51.5 Å². The summed E-state index contributed by atoms with van der Waals surface area (Å²) in [7, 11) is 1.61. The molecular weight excluding hydrogens is 333 g/mol. The largest absolute Gasteiger partial charge is 0.493 e. The first-order valence-electron chi connectivity index (χ1n) is 7.54. The van der Waals surface area contributed by atoms with Crippen LogP contribution < -0.4 is 14.8 Å². The molecule has 0 aliphatic carbocycles. The Balaban J connectivity index is 2.23. The average molecular weight is 354 g/mol. The molecule has 0 spiro atoms. The van der Waals surface area contributed by atoms with Crippen molar-refractivity contribution in [1.29, 1.82) is 0 Å². The molecule has 0 heterocycles. The Hall–Kier alpha value is -1.58. The molecular formula is C18H21Cl2NO2. The lowest BCUT2D eigenvalue weighted by Crippen LogP contribution is -2.06. The Labute approximate surface area is 147 Å². The molecule has 1 N–H and O–H groups in total. The molecule has 23 heavy (non-hydrogen) atoms. The summed E-state index contributed by atoms with van der Waals surface area (Å²) in [6, 6.07) is 9.54. The van der Waals surface area contributed by atoms with Crippen LogP contribution in [0.2, 0.25) is 10.0 Å². The number of anilines is 1. The normalized spacial score (nSPS) is 10.5. The fraction of sp³-hybridized carbons (Fsp3) is 0.333.